The van der Waals surface area contributed by atoms with Gasteiger partial charge >= 0.3 is 0 Å². The van der Waals surface area contributed by atoms with Gasteiger partial charge in [0.25, 0.3) is 0 Å². The van der Waals surface area contributed by atoms with Gasteiger partial charge in [0.1, 0.15) is 0 Å². The number of carbonyl (C=O) groups is 2. The molecule has 0 unspecified atom stereocenters. The Morgan fingerprint density at radius 3 is 2.59 bits per heavy atom. The van der Waals surface area contributed by atoms with E-state index in [4.69, 9.17) is 27.9 Å². The maximum atomic E-state index is 12.6. The van der Waals surface area contributed by atoms with Gasteiger partial charge < -0.3 is 19.4 Å². The first kappa shape index (κ1) is 25.0. The summed E-state index contributed by atoms with van der Waals surface area (Å²) in [6, 6.07) is 5.24. The lowest BCUT2D eigenvalue weighted by Gasteiger charge is -2.32. The molecule has 0 aliphatic carbocycles. The van der Waals surface area contributed by atoms with Crippen molar-refractivity contribution >= 4 is 41.1 Å². The molecule has 2 aliphatic rings. The van der Waals surface area contributed by atoms with Gasteiger partial charge in [-0.1, -0.05) is 29.3 Å². The van der Waals surface area contributed by atoms with Crippen molar-refractivity contribution < 1.29 is 14.3 Å². The van der Waals surface area contributed by atoms with Crippen LogP contribution in [0, 0.1) is 5.92 Å². The highest BCUT2D eigenvalue weighted by Crippen LogP contribution is 2.23. The summed E-state index contributed by atoms with van der Waals surface area (Å²) in [6.07, 6.45) is 6.96. The molecule has 1 aromatic rings. The van der Waals surface area contributed by atoms with Crippen molar-refractivity contribution in [1.82, 2.24) is 14.7 Å². The molecule has 2 saturated heterocycles. The highest BCUT2D eigenvalue weighted by Gasteiger charge is 2.23. The van der Waals surface area contributed by atoms with Crippen molar-refractivity contribution in [1.29, 1.82) is 0 Å². The van der Waals surface area contributed by atoms with E-state index < -0.39 is 0 Å². The average Bonchev–Trinajstić information content (AvgIpc) is 2.97. The minimum Gasteiger partial charge on any atom is -0.384 e. The van der Waals surface area contributed by atoms with Gasteiger partial charge in [0.2, 0.25) is 11.8 Å². The molecule has 0 bridgehead atoms. The smallest absolute Gasteiger partial charge is 0.246 e. The number of piperidine rings is 1. The first-order valence-electron chi connectivity index (χ1n) is 11.4. The van der Waals surface area contributed by atoms with Gasteiger partial charge in [-0.15, -0.1) is 0 Å². The van der Waals surface area contributed by atoms with Crippen LogP contribution in [0.15, 0.2) is 24.3 Å². The molecule has 2 fully saturated rings. The molecule has 32 heavy (non-hydrogen) atoms. The molecule has 1 aromatic carbocycles. The molecule has 176 valence electrons. The van der Waals surface area contributed by atoms with E-state index in [0.29, 0.717) is 42.0 Å². The standard InChI is InChI=1S/C24H33Cl2N3O3/c1-32-18-20-7-12-27(13-8-20)10-2-11-28-15-16-29(14-9-24(28)31)23(30)6-4-19-3-5-21(25)22(26)17-19/h3-6,17,20H,2,7-16,18H2,1H3/b6-4+. The lowest BCUT2D eigenvalue weighted by Crippen LogP contribution is -2.39. The SMILES string of the molecule is COCC1CCN(CCCN2CCN(C(=O)/C=C/c3ccc(Cl)c(Cl)c3)CCC2=O)CC1. The van der Waals surface area contributed by atoms with Crippen LogP contribution in [0.3, 0.4) is 0 Å². The highest BCUT2D eigenvalue weighted by atomic mass is 35.5. The fourth-order valence-electron chi connectivity index (χ4n) is 4.31. The first-order valence-corrected chi connectivity index (χ1v) is 12.1. The van der Waals surface area contributed by atoms with Crippen LogP contribution in [-0.2, 0) is 14.3 Å². The number of benzene rings is 1. The molecule has 0 radical (unpaired) electrons. The quantitative estimate of drug-likeness (QED) is 0.529. The Hall–Kier alpha value is -1.60. The largest absolute Gasteiger partial charge is 0.384 e. The summed E-state index contributed by atoms with van der Waals surface area (Å²) in [4.78, 5) is 31.3. The van der Waals surface area contributed by atoms with E-state index in [1.54, 1.807) is 30.2 Å². The lowest BCUT2D eigenvalue weighted by atomic mass is 9.98. The topological polar surface area (TPSA) is 53.1 Å². The molecular weight excluding hydrogens is 449 g/mol. The van der Waals surface area contributed by atoms with Crippen LogP contribution in [-0.4, -0.2) is 86.0 Å². The summed E-state index contributed by atoms with van der Waals surface area (Å²) in [5.41, 5.74) is 0.812. The zero-order chi connectivity index (χ0) is 22.9. The first-order chi connectivity index (χ1) is 15.5. The minimum atomic E-state index is -0.0929. The van der Waals surface area contributed by atoms with Gasteiger partial charge in [0.15, 0.2) is 0 Å². The van der Waals surface area contributed by atoms with Gasteiger partial charge in [-0.05, 0) is 68.6 Å². The third-order valence-corrected chi connectivity index (χ3v) is 7.01. The monoisotopic (exact) mass is 481 g/mol. The van der Waals surface area contributed by atoms with E-state index in [9.17, 15) is 9.59 Å². The Morgan fingerprint density at radius 2 is 1.88 bits per heavy atom. The lowest BCUT2D eigenvalue weighted by molar-refractivity contribution is -0.130. The van der Waals surface area contributed by atoms with Crippen LogP contribution in [0.25, 0.3) is 6.08 Å². The van der Waals surface area contributed by atoms with Crippen molar-refractivity contribution in [2.24, 2.45) is 5.92 Å². The summed E-state index contributed by atoms with van der Waals surface area (Å²) in [5, 5.41) is 0.938. The van der Waals surface area contributed by atoms with Gasteiger partial charge in [0, 0.05) is 52.4 Å². The van der Waals surface area contributed by atoms with Crippen LogP contribution < -0.4 is 0 Å². The van der Waals surface area contributed by atoms with Crippen molar-refractivity contribution in [2.45, 2.75) is 25.7 Å². The van der Waals surface area contributed by atoms with E-state index in [1.165, 1.54) is 18.9 Å². The molecule has 2 aliphatic heterocycles. The molecule has 0 atom stereocenters. The summed E-state index contributed by atoms with van der Waals surface area (Å²) in [5.74, 6) is 0.717. The zero-order valence-electron chi connectivity index (χ0n) is 18.8. The fraction of sp³-hybridized carbons (Fsp3) is 0.583. The molecule has 0 saturated carbocycles. The summed E-state index contributed by atoms with van der Waals surface area (Å²) >= 11 is 12.0. The van der Waals surface area contributed by atoms with Crippen LogP contribution >= 0.6 is 23.2 Å². The number of halogens is 2. The maximum absolute atomic E-state index is 12.6. The Kier molecular flexibility index (Phi) is 9.85. The van der Waals surface area contributed by atoms with Gasteiger partial charge in [-0.2, -0.15) is 0 Å². The Bertz CT molecular complexity index is 810. The number of rotatable bonds is 8. The number of hydrogen-bond donors (Lipinski definition) is 0. The number of hydrogen-bond acceptors (Lipinski definition) is 4. The fourth-order valence-corrected chi connectivity index (χ4v) is 4.62. The van der Waals surface area contributed by atoms with Crippen molar-refractivity contribution in [3.8, 4) is 0 Å². The van der Waals surface area contributed by atoms with Gasteiger partial charge in [0.05, 0.1) is 10.0 Å². The van der Waals surface area contributed by atoms with Crippen LogP contribution in [0.1, 0.15) is 31.2 Å². The van der Waals surface area contributed by atoms with E-state index in [2.05, 4.69) is 4.90 Å². The minimum absolute atomic E-state index is 0.0929. The molecule has 0 spiro atoms. The predicted octanol–water partition coefficient (Wildman–Crippen LogP) is 3.82. The third-order valence-electron chi connectivity index (χ3n) is 6.27. The number of nitrogens with zero attached hydrogens (tertiary/aromatic N) is 3. The normalized spacial score (nSPS) is 19.0. The van der Waals surface area contributed by atoms with Crippen LogP contribution in [0.2, 0.25) is 10.0 Å². The Balaban J connectivity index is 1.41. The molecule has 2 heterocycles. The van der Waals surface area contributed by atoms with E-state index in [1.807, 2.05) is 11.0 Å². The van der Waals surface area contributed by atoms with Crippen LogP contribution in [0.5, 0.6) is 0 Å². The number of amides is 2. The molecule has 3 rings (SSSR count). The van der Waals surface area contributed by atoms with E-state index in [-0.39, 0.29) is 11.8 Å². The molecule has 2 amide bonds. The zero-order valence-corrected chi connectivity index (χ0v) is 20.3. The number of carbonyl (C=O) groups excluding carboxylic acids is 2. The molecule has 0 N–H and O–H groups in total. The third kappa shape index (κ3) is 7.48. The number of methoxy groups -OCH3 is 1. The second-order valence-electron chi connectivity index (χ2n) is 8.56. The number of likely N-dealkylation sites (tertiary alicyclic amines) is 1. The Labute approximate surface area is 201 Å². The van der Waals surface area contributed by atoms with Crippen molar-refractivity contribution in [3.63, 3.8) is 0 Å². The second-order valence-corrected chi connectivity index (χ2v) is 9.37. The van der Waals surface area contributed by atoms with Crippen molar-refractivity contribution in [2.75, 3.05) is 59.5 Å². The molecular formula is C24H33Cl2N3O3. The van der Waals surface area contributed by atoms with E-state index >= 15 is 0 Å². The van der Waals surface area contributed by atoms with E-state index in [0.717, 1.165) is 44.8 Å². The van der Waals surface area contributed by atoms with Crippen molar-refractivity contribution in [3.05, 3.63) is 39.9 Å². The summed E-state index contributed by atoms with van der Waals surface area (Å²) in [6.45, 7) is 6.42. The van der Waals surface area contributed by atoms with Crippen LogP contribution in [0.4, 0.5) is 0 Å². The molecule has 6 nitrogen and oxygen atoms in total. The predicted molar refractivity (Wildman–Crippen MR) is 129 cm³/mol. The summed E-state index contributed by atoms with van der Waals surface area (Å²) in [7, 11) is 1.77. The van der Waals surface area contributed by atoms with Gasteiger partial charge in [-0.25, -0.2) is 0 Å². The summed E-state index contributed by atoms with van der Waals surface area (Å²) < 4.78 is 5.27. The Morgan fingerprint density at radius 1 is 1.09 bits per heavy atom. The average molecular weight is 482 g/mol. The molecule has 8 heteroatoms. The maximum Gasteiger partial charge on any atom is 0.246 e. The number of ether oxygens (including phenoxy) is 1. The highest BCUT2D eigenvalue weighted by molar-refractivity contribution is 6.42. The molecule has 0 aromatic heterocycles. The second kappa shape index (κ2) is 12.6. The van der Waals surface area contributed by atoms with Gasteiger partial charge in [-0.3, -0.25) is 9.59 Å².